The number of hydrogen-bond donors (Lipinski definition) is 1. The highest BCUT2D eigenvalue weighted by Crippen LogP contribution is 2.48. The molecule has 1 heterocycles. The van der Waals surface area contributed by atoms with Crippen LogP contribution >= 0.6 is 11.3 Å². The molecule has 0 saturated heterocycles. The first kappa shape index (κ1) is 19.5. The summed E-state index contributed by atoms with van der Waals surface area (Å²) in [7, 11) is 0. The van der Waals surface area contributed by atoms with Gasteiger partial charge >= 0.3 is 0 Å². The lowest BCUT2D eigenvalue weighted by atomic mass is 9.63. The quantitative estimate of drug-likeness (QED) is 0.463. The molecule has 148 valence electrons. The Morgan fingerprint density at radius 1 is 0.857 bits per heavy atom. The molecule has 0 bridgehead atoms. The largest absolute Gasteiger partial charge is 0.354 e. The lowest BCUT2D eigenvalue weighted by Gasteiger charge is -2.41. The summed E-state index contributed by atoms with van der Waals surface area (Å²) >= 11 is 1.85. The molecule has 4 rings (SSSR count). The highest BCUT2D eigenvalue weighted by molar-refractivity contribution is 7.17. The van der Waals surface area contributed by atoms with Crippen LogP contribution < -0.4 is 5.32 Å². The van der Waals surface area contributed by atoms with Crippen LogP contribution in [0.15, 0.2) is 41.8 Å². The van der Waals surface area contributed by atoms with Crippen LogP contribution in [0.3, 0.4) is 0 Å². The van der Waals surface area contributed by atoms with Crippen molar-refractivity contribution in [3.05, 3.63) is 58.5 Å². The van der Waals surface area contributed by atoms with Crippen LogP contribution in [0, 0.1) is 0 Å². The van der Waals surface area contributed by atoms with Gasteiger partial charge in [-0.25, -0.2) is 0 Å². The van der Waals surface area contributed by atoms with E-state index < -0.39 is 0 Å². The van der Waals surface area contributed by atoms with Gasteiger partial charge in [0.05, 0.1) is 5.69 Å². The monoisotopic (exact) mass is 391 g/mol. The summed E-state index contributed by atoms with van der Waals surface area (Å²) in [5.41, 5.74) is 7.51. The Hall–Kier alpha value is -1.80. The average molecular weight is 392 g/mol. The van der Waals surface area contributed by atoms with Gasteiger partial charge in [0, 0.05) is 21.2 Å². The van der Waals surface area contributed by atoms with Crippen molar-refractivity contribution < 1.29 is 0 Å². The van der Waals surface area contributed by atoms with Gasteiger partial charge in [-0.15, -0.1) is 11.3 Å². The van der Waals surface area contributed by atoms with Crippen molar-refractivity contribution in [2.24, 2.45) is 0 Å². The van der Waals surface area contributed by atoms with Gasteiger partial charge < -0.3 is 5.32 Å². The van der Waals surface area contributed by atoms with E-state index >= 15 is 0 Å². The van der Waals surface area contributed by atoms with Crippen LogP contribution in [-0.2, 0) is 16.2 Å². The van der Waals surface area contributed by atoms with Gasteiger partial charge in [0.15, 0.2) is 0 Å². The minimum atomic E-state index is 0.186. The highest BCUT2D eigenvalue weighted by Gasteiger charge is 2.37. The number of hydrogen-bond acceptors (Lipinski definition) is 2. The van der Waals surface area contributed by atoms with Gasteiger partial charge in [-0.1, -0.05) is 60.6 Å². The summed E-state index contributed by atoms with van der Waals surface area (Å²) in [5.74, 6) is 0. The standard InChI is InChI=1S/C26H33NS/c1-24(2,3)17-8-10-18(11-9-17)27-22-16-28-23-15-21-20(14-19(22)23)25(4,5)12-13-26(21,6)7/h8-11,14-16,27H,12-13H2,1-7H3. The lowest BCUT2D eigenvalue weighted by molar-refractivity contribution is 0.332. The second-order valence-electron chi connectivity index (χ2n) is 10.8. The number of nitrogens with one attached hydrogen (secondary N) is 1. The Balaban J connectivity index is 1.74. The van der Waals surface area contributed by atoms with Gasteiger partial charge in [0.25, 0.3) is 0 Å². The molecule has 2 heteroatoms. The predicted octanol–water partition coefficient (Wildman–Crippen LogP) is 8.29. The molecule has 1 N–H and O–H groups in total. The maximum absolute atomic E-state index is 3.67. The number of thiophene rings is 1. The molecule has 2 aromatic carbocycles. The maximum Gasteiger partial charge on any atom is 0.0573 e. The van der Waals surface area contributed by atoms with E-state index in [4.69, 9.17) is 0 Å². The third-order valence-corrected chi connectivity index (χ3v) is 7.52. The molecule has 1 aliphatic carbocycles. The van der Waals surface area contributed by atoms with E-state index in [-0.39, 0.29) is 16.2 Å². The van der Waals surface area contributed by atoms with E-state index in [1.54, 1.807) is 5.56 Å². The Kier molecular flexibility index (Phi) is 4.43. The lowest BCUT2D eigenvalue weighted by Crippen LogP contribution is -2.33. The molecule has 0 atom stereocenters. The van der Waals surface area contributed by atoms with Gasteiger partial charge in [-0.05, 0) is 70.0 Å². The fraction of sp³-hybridized carbons (Fsp3) is 0.462. The molecule has 0 fully saturated rings. The molecule has 0 amide bonds. The smallest absolute Gasteiger partial charge is 0.0573 e. The second-order valence-corrected chi connectivity index (χ2v) is 11.7. The van der Waals surface area contributed by atoms with E-state index in [2.05, 4.69) is 95.6 Å². The predicted molar refractivity (Wildman–Crippen MR) is 126 cm³/mol. The molecule has 0 aliphatic heterocycles. The van der Waals surface area contributed by atoms with Crippen molar-refractivity contribution in [1.29, 1.82) is 0 Å². The third-order valence-electron chi connectivity index (χ3n) is 6.58. The molecule has 1 nitrogen and oxygen atoms in total. The fourth-order valence-electron chi connectivity index (χ4n) is 4.39. The summed E-state index contributed by atoms with van der Waals surface area (Å²) in [4.78, 5) is 0. The van der Waals surface area contributed by atoms with Crippen LogP contribution in [0.4, 0.5) is 11.4 Å². The Morgan fingerprint density at radius 2 is 1.43 bits per heavy atom. The number of rotatable bonds is 2. The van der Waals surface area contributed by atoms with Crippen molar-refractivity contribution in [2.45, 2.75) is 77.6 Å². The summed E-state index contributed by atoms with van der Waals surface area (Å²) < 4.78 is 1.39. The van der Waals surface area contributed by atoms with E-state index in [1.165, 1.54) is 39.7 Å². The van der Waals surface area contributed by atoms with Crippen LogP contribution in [0.5, 0.6) is 0 Å². The van der Waals surface area contributed by atoms with E-state index in [0.29, 0.717) is 0 Å². The fourth-order valence-corrected chi connectivity index (χ4v) is 5.31. The Bertz CT molecular complexity index is 1010. The van der Waals surface area contributed by atoms with E-state index in [1.807, 2.05) is 11.3 Å². The number of anilines is 2. The first-order chi connectivity index (χ1) is 13.0. The molecule has 1 aromatic heterocycles. The average Bonchev–Trinajstić information content (AvgIpc) is 3.00. The summed E-state index contributed by atoms with van der Waals surface area (Å²) in [6.45, 7) is 16.4. The zero-order valence-electron chi connectivity index (χ0n) is 18.4. The SMILES string of the molecule is CC(C)(C)c1ccc(Nc2csc3cc4c(cc23)C(C)(C)CCC4(C)C)cc1. The molecule has 1 aliphatic rings. The van der Waals surface area contributed by atoms with Gasteiger partial charge in [0.2, 0.25) is 0 Å². The Labute approximate surface area is 174 Å². The minimum Gasteiger partial charge on any atom is -0.354 e. The first-order valence-corrected chi connectivity index (χ1v) is 11.3. The molecule has 28 heavy (non-hydrogen) atoms. The molecular weight excluding hydrogens is 358 g/mol. The van der Waals surface area contributed by atoms with Crippen molar-refractivity contribution in [2.75, 3.05) is 5.32 Å². The van der Waals surface area contributed by atoms with Gasteiger partial charge in [-0.3, -0.25) is 0 Å². The highest BCUT2D eigenvalue weighted by atomic mass is 32.1. The molecule has 0 spiro atoms. The van der Waals surface area contributed by atoms with Crippen LogP contribution in [0.25, 0.3) is 10.1 Å². The van der Waals surface area contributed by atoms with Crippen molar-refractivity contribution in [3.63, 3.8) is 0 Å². The summed E-state index contributed by atoms with van der Waals surface area (Å²) in [6.07, 6.45) is 2.51. The topological polar surface area (TPSA) is 12.0 Å². The molecule has 3 aromatic rings. The van der Waals surface area contributed by atoms with Crippen LogP contribution in [0.2, 0.25) is 0 Å². The van der Waals surface area contributed by atoms with E-state index in [9.17, 15) is 0 Å². The maximum atomic E-state index is 3.67. The normalized spacial score (nSPS) is 18.1. The van der Waals surface area contributed by atoms with Crippen molar-refractivity contribution >= 4 is 32.8 Å². The minimum absolute atomic E-state index is 0.186. The molecule has 0 radical (unpaired) electrons. The van der Waals surface area contributed by atoms with E-state index in [0.717, 1.165) is 5.69 Å². The van der Waals surface area contributed by atoms with Crippen LogP contribution in [0.1, 0.15) is 78.0 Å². The van der Waals surface area contributed by atoms with Crippen LogP contribution in [-0.4, -0.2) is 0 Å². The third kappa shape index (κ3) is 3.37. The molecular formula is C26H33NS. The Morgan fingerprint density at radius 3 is 2.00 bits per heavy atom. The number of benzene rings is 2. The number of fused-ring (bicyclic) bond motifs is 2. The second kappa shape index (κ2) is 6.35. The summed E-state index contributed by atoms with van der Waals surface area (Å²) in [5, 5.41) is 7.30. The van der Waals surface area contributed by atoms with Gasteiger partial charge in [0.1, 0.15) is 0 Å². The first-order valence-electron chi connectivity index (χ1n) is 10.4. The van der Waals surface area contributed by atoms with Crippen molar-refractivity contribution in [1.82, 2.24) is 0 Å². The molecule has 0 saturated carbocycles. The van der Waals surface area contributed by atoms with Crippen molar-refractivity contribution in [3.8, 4) is 0 Å². The zero-order chi connectivity index (χ0) is 20.3. The molecule has 0 unspecified atom stereocenters. The zero-order valence-corrected chi connectivity index (χ0v) is 19.2. The summed E-state index contributed by atoms with van der Waals surface area (Å²) in [6, 6.07) is 13.8. The van der Waals surface area contributed by atoms with Gasteiger partial charge in [-0.2, -0.15) is 0 Å².